The average molecular weight is 278 g/mol. The van der Waals surface area contributed by atoms with Crippen LogP contribution < -0.4 is 5.73 Å². The van der Waals surface area contributed by atoms with Crippen molar-refractivity contribution in [1.82, 2.24) is 9.97 Å². The molecule has 1 heterocycles. The molecule has 0 amide bonds. The molecular formula is C12H12BrN3. The third-order valence-corrected chi connectivity index (χ3v) is 2.91. The summed E-state index contributed by atoms with van der Waals surface area (Å²) in [6.45, 7) is 0. The fourth-order valence-electron chi connectivity index (χ4n) is 1.44. The van der Waals surface area contributed by atoms with E-state index in [9.17, 15) is 0 Å². The Morgan fingerprint density at radius 3 is 2.56 bits per heavy atom. The van der Waals surface area contributed by atoms with Gasteiger partial charge in [-0.1, -0.05) is 30.3 Å². The first-order valence-corrected chi connectivity index (χ1v) is 5.86. The number of anilines is 1. The lowest BCUT2D eigenvalue weighted by Gasteiger charge is -2.02. The highest BCUT2D eigenvalue weighted by atomic mass is 79.9. The van der Waals surface area contributed by atoms with Crippen LogP contribution >= 0.6 is 15.9 Å². The maximum absolute atomic E-state index is 5.69. The van der Waals surface area contributed by atoms with Gasteiger partial charge in [0.2, 0.25) is 0 Å². The largest absolute Gasteiger partial charge is 0.383 e. The summed E-state index contributed by atoms with van der Waals surface area (Å²) in [5, 5.41) is 0. The maximum atomic E-state index is 5.69. The van der Waals surface area contributed by atoms with Gasteiger partial charge in [-0.25, -0.2) is 9.97 Å². The Kier molecular flexibility index (Phi) is 3.51. The van der Waals surface area contributed by atoms with E-state index >= 15 is 0 Å². The maximum Gasteiger partial charge on any atom is 0.141 e. The molecule has 0 spiro atoms. The molecule has 82 valence electrons. The van der Waals surface area contributed by atoms with Gasteiger partial charge in [-0.05, 0) is 27.9 Å². The van der Waals surface area contributed by atoms with Crippen LogP contribution in [0.4, 0.5) is 5.82 Å². The zero-order chi connectivity index (χ0) is 11.4. The van der Waals surface area contributed by atoms with Gasteiger partial charge in [0, 0.05) is 12.6 Å². The minimum atomic E-state index is 0.498. The van der Waals surface area contributed by atoms with Crippen molar-refractivity contribution in [1.29, 1.82) is 0 Å². The lowest BCUT2D eigenvalue weighted by molar-refractivity contribution is 0.859. The third-order valence-electron chi connectivity index (χ3n) is 2.30. The molecule has 0 radical (unpaired) electrons. The lowest BCUT2D eigenvalue weighted by atomic mass is 10.1. The number of nitrogen functional groups attached to an aromatic ring is 1. The van der Waals surface area contributed by atoms with Gasteiger partial charge in [-0.15, -0.1) is 0 Å². The summed E-state index contributed by atoms with van der Waals surface area (Å²) in [7, 11) is 0. The van der Waals surface area contributed by atoms with E-state index in [2.05, 4.69) is 38.0 Å². The van der Waals surface area contributed by atoms with Crippen LogP contribution in [-0.2, 0) is 12.8 Å². The van der Waals surface area contributed by atoms with Gasteiger partial charge in [0.25, 0.3) is 0 Å². The highest BCUT2D eigenvalue weighted by Crippen LogP contribution is 2.15. The van der Waals surface area contributed by atoms with Crippen molar-refractivity contribution in [2.24, 2.45) is 0 Å². The number of aryl methyl sites for hydroxylation is 2. The van der Waals surface area contributed by atoms with Crippen LogP contribution in [0.3, 0.4) is 0 Å². The molecule has 2 rings (SSSR count). The molecule has 2 N–H and O–H groups in total. The molecule has 0 bridgehead atoms. The smallest absolute Gasteiger partial charge is 0.141 e. The fourth-order valence-corrected chi connectivity index (χ4v) is 1.63. The summed E-state index contributed by atoms with van der Waals surface area (Å²) in [6, 6.07) is 10.3. The first-order chi connectivity index (χ1) is 7.75. The number of halogens is 1. The van der Waals surface area contributed by atoms with Crippen molar-refractivity contribution in [2.75, 3.05) is 5.73 Å². The van der Waals surface area contributed by atoms with Crippen LogP contribution in [0.1, 0.15) is 11.4 Å². The normalized spacial score (nSPS) is 10.3. The number of hydrogen-bond donors (Lipinski definition) is 1. The molecule has 1 aromatic carbocycles. The quantitative estimate of drug-likeness (QED) is 0.938. The molecule has 0 atom stereocenters. The molecule has 3 nitrogen and oxygen atoms in total. The molecule has 16 heavy (non-hydrogen) atoms. The number of hydrogen-bond acceptors (Lipinski definition) is 3. The minimum Gasteiger partial charge on any atom is -0.383 e. The molecule has 0 saturated heterocycles. The van der Waals surface area contributed by atoms with Gasteiger partial charge in [0.1, 0.15) is 11.6 Å². The van der Waals surface area contributed by atoms with Gasteiger partial charge in [-0.2, -0.15) is 0 Å². The summed E-state index contributed by atoms with van der Waals surface area (Å²) in [4.78, 5) is 8.42. The Balaban J connectivity index is 2.03. The van der Waals surface area contributed by atoms with Crippen molar-refractivity contribution < 1.29 is 0 Å². The number of nitrogens with zero attached hydrogens (tertiary/aromatic N) is 2. The first kappa shape index (κ1) is 11.1. The number of aromatic nitrogens is 2. The van der Waals surface area contributed by atoms with Crippen molar-refractivity contribution in [3.63, 3.8) is 0 Å². The summed E-state index contributed by atoms with van der Waals surface area (Å²) >= 11 is 3.28. The van der Waals surface area contributed by atoms with E-state index in [0.29, 0.717) is 5.82 Å². The van der Waals surface area contributed by atoms with Crippen LogP contribution in [0.5, 0.6) is 0 Å². The standard InChI is InChI=1S/C12H12BrN3/c13-10-8-15-11(16-12(10)14)7-6-9-4-2-1-3-5-9/h1-5,8H,6-7H2,(H2,14,15,16). The first-order valence-electron chi connectivity index (χ1n) is 5.06. The predicted octanol–water partition coefficient (Wildman–Crippen LogP) is 2.61. The minimum absolute atomic E-state index is 0.498. The summed E-state index contributed by atoms with van der Waals surface area (Å²) in [6.07, 6.45) is 3.44. The average Bonchev–Trinajstić information content (AvgIpc) is 2.32. The van der Waals surface area contributed by atoms with Crippen molar-refractivity contribution >= 4 is 21.7 Å². The second-order valence-corrected chi connectivity index (χ2v) is 4.36. The van der Waals surface area contributed by atoms with E-state index in [1.54, 1.807) is 6.20 Å². The zero-order valence-electron chi connectivity index (χ0n) is 8.73. The molecule has 0 unspecified atom stereocenters. The van der Waals surface area contributed by atoms with Crippen LogP contribution in [0.2, 0.25) is 0 Å². The van der Waals surface area contributed by atoms with E-state index in [0.717, 1.165) is 23.1 Å². The molecule has 2 aromatic rings. The SMILES string of the molecule is Nc1nc(CCc2ccccc2)ncc1Br. The summed E-state index contributed by atoms with van der Waals surface area (Å²) < 4.78 is 0.746. The molecule has 0 saturated carbocycles. The Morgan fingerprint density at radius 1 is 1.12 bits per heavy atom. The van der Waals surface area contributed by atoms with Crippen LogP contribution in [0.25, 0.3) is 0 Å². The van der Waals surface area contributed by atoms with Crippen molar-refractivity contribution in [3.05, 3.63) is 52.4 Å². The molecule has 0 aliphatic rings. The fraction of sp³-hybridized carbons (Fsp3) is 0.167. The van der Waals surface area contributed by atoms with Crippen LogP contribution in [-0.4, -0.2) is 9.97 Å². The van der Waals surface area contributed by atoms with Gasteiger partial charge in [0.05, 0.1) is 4.47 Å². The summed E-state index contributed by atoms with van der Waals surface area (Å²) in [5.41, 5.74) is 6.98. The Morgan fingerprint density at radius 2 is 1.88 bits per heavy atom. The molecule has 1 aromatic heterocycles. The predicted molar refractivity (Wildman–Crippen MR) is 68.0 cm³/mol. The van der Waals surface area contributed by atoms with Gasteiger partial charge < -0.3 is 5.73 Å². The zero-order valence-corrected chi connectivity index (χ0v) is 10.3. The van der Waals surface area contributed by atoms with E-state index in [1.165, 1.54) is 5.56 Å². The van der Waals surface area contributed by atoms with Crippen LogP contribution in [0, 0.1) is 0 Å². The highest BCUT2D eigenvalue weighted by Gasteiger charge is 2.01. The van der Waals surface area contributed by atoms with Crippen molar-refractivity contribution in [2.45, 2.75) is 12.8 Å². The second kappa shape index (κ2) is 5.07. The second-order valence-electron chi connectivity index (χ2n) is 3.51. The van der Waals surface area contributed by atoms with E-state index in [-0.39, 0.29) is 0 Å². The van der Waals surface area contributed by atoms with Crippen LogP contribution in [0.15, 0.2) is 41.0 Å². The van der Waals surface area contributed by atoms with Crippen molar-refractivity contribution in [3.8, 4) is 0 Å². The summed E-state index contributed by atoms with van der Waals surface area (Å²) in [5.74, 6) is 1.28. The number of benzene rings is 1. The third kappa shape index (κ3) is 2.79. The Hall–Kier alpha value is -1.42. The Bertz CT molecular complexity index is 471. The topological polar surface area (TPSA) is 51.8 Å². The highest BCUT2D eigenvalue weighted by molar-refractivity contribution is 9.10. The van der Waals surface area contributed by atoms with E-state index in [1.807, 2.05) is 18.2 Å². The molecule has 4 heteroatoms. The van der Waals surface area contributed by atoms with Gasteiger partial charge >= 0.3 is 0 Å². The van der Waals surface area contributed by atoms with E-state index < -0.39 is 0 Å². The van der Waals surface area contributed by atoms with Gasteiger partial charge in [0.15, 0.2) is 0 Å². The number of rotatable bonds is 3. The Labute approximate surface area is 103 Å². The van der Waals surface area contributed by atoms with Gasteiger partial charge in [-0.3, -0.25) is 0 Å². The molecular weight excluding hydrogens is 266 g/mol. The molecule has 0 aliphatic heterocycles. The van der Waals surface area contributed by atoms with E-state index in [4.69, 9.17) is 5.73 Å². The number of nitrogens with two attached hydrogens (primary N) is 1. The monoisotopic (exact) mass is 277 g/mol. The molecule has 0 aliphatic carbocycles. The molecule has 0 fully saturated rings. The lowest BCUT2D eigenvalue weighted by Crippen LogP contribution is -2.01.